The first-order valence-corrected chi connectivity index (χ1v) is 10.4. The molecule has 0 atom stereocenters. The average Bonchev–Trinajstić information content (AvgIpc) is 3.10. The maximum absolute atomic E-state index is 13.2. The van der Waals surface area contributed by atoms with Crippen LogP contribution in [0.4, 0.5) is 22.0 Å². The summed E-state index contributed by atoms with van der Waals surface area (Å²) in [7, 11) is 0. The molecule has 0 aliphatic rings. The van der Waals surface area contributed by atoms with Crippen LogP contribution >= 0.6 is 0 Å². The normalized spacial score (nSPS) is 11.0. The van der Waals surface area contributed by atoms with Crippen molar-refractivity contribution in [1.82, 2.24) is 24.7 Å². The largest absolute Gasteiger partial charge is 0.454 e. The molecule has 0 saturated heterocycles. The predicted octanol–water partition coefficient (Wildman–Crippen LogP) is 3.90. The Hall–Kier alpha value is -4.60. The van der Waals surface area contributed by atoms with Crippen LogP contribution in [0.15, 0.2) is 60.7 Å². The summed E-state index contributed by atoms with van der Waals surface area (Å²) in [4.78, 5) is 24.6. The summed E-state index contributed by atoms with van der Waals surface area (Å²) in [5.74, 6) is -0.431. The van der Waals surface area contributed by atoms with Gasteiger partial charge in [0.05, 0.1) is 11.4 Å². The number of carbonyl (C=O) groups is 1. The highest BCUT2D eigenvalue weighted by molar-refractivity contribution is 5.87. The Morgan fingerprint density at radius 2 is 1.82 bits per heavy atom. The number of benzene rings is 2. The summed E-state index contributed by atoms with van der Waals surface area (Å²) in [6.45, 7) is 3.52. The average molecular weight is 459 g/mol. The van der Waals surface area contributed by atoms with Gasteiger partial charge in [0.15, 0.2) is 12.4 Å². The smallest absolute Gasteiger partial charge is 0.331 e. The van der Waals surface area contributed by atoms with Gasteiger partial charge in [0.25, 0.3) is 0 Å². The maximum Gasteiger partial charge on any atom is 0.331 e. The predicted molar refractivity (Wildman–Crippen MR) is 126 cm³/mol. The third-order valence-electron chi connectivity index (χ3n) is 4.88. The highest BCUT2D eigenvalue weighted by atomic mass is 19.1. The van der Waals surface area contributed by atoms with Crippen molar-refractivity contribution in [3.63, 3.8) is 0 Å². The van der Waals surface area contributed by atoms with Crippen molar-refractivity contribution in [2.45, 2.75) is 20.5 Å². The lowest BCUT2D eigenvalue weighted by atomic mass is 10.2. The molecule has 2 aromatic heterocycles. The van der Waals surface area contributed by atoms with Crippen molar-refractivity contribution in [1.29, 1.82) is 0 Å². The van der Waals surface area contributed by atoms with Crippen LogP contribution in [0.25, 0.3) is 11.8 Å². The van der Waals surface area contributed by atoms with E-state index in [0.29, 0.717) is 5.69 Å². The van der Waals surface area contributed by atoms with Gasteiger partial charge in [-0.1, -0.05) is 18.2 Å². The minimum absolute atomic E-state index is 0.00878. The van der Waals surface area contributed by atoms with Crippen LogP contribution in [0.1, 0.15) is 22.8 Å². The summed E-state index contributed by atoms with van der Waals surface area (Å²) in [6.07, 6.45) is 2.93. The number of anilines is 3. The lowest BCUT2D eigenvalue weighted by molar-refractivity contribution is -0.139. The molecule has 0 aliphatic heterocycles. The Morgan fingerprint density at radius 3 is 2.56 bits per heavy atom. The van der Waals surface area contributed by atoms with E-state index in [-0.39, 0.29) is 30.1 Å². The standard InChI is InChI=1S/C24H22FN7O2/c1-15-20(16(2)32(31-15)19-10-8-17(25)9-11-19)12-13-22(33)34-14-21-28-23(26)30-24(29-21)27-18-6-4-3-5-7-18/h3-13H,14H2,1-2H3,(H3,26,27,28,29,30)/b13-12+. The van der Waals surface area contributed by atoms with Gasteiger partial charge in [-0.05, 0) is 56.3 Å². The number of ether oxygens (including phenoxy) is 1. The van der Waals surface area contributed by atoms with Gasteiger partial charge in [-0.25, -0.2) is 13.9 Å². The van der Waals surface area contributed by atoms with E-state index in [1.165, 1.54) is 18.2 Å². The Bertz CT molecular complexity index is 1340. The summed E-state index contributed by atoms with van der Waals surface area (Å²) in [5.41, 5.74) is 9.54. The van der Waals surface area contributed by atoms with Gasteiger partial charge in [0.2, 0.25) is 11.9 Å². The fourth-order valence-electron chi connectivity index (χ4n) is 3.27. The van der Waals surface area contributed by atoms with E-state index >= 15 is 0 Å². The number of aryl methyl sites for hydroxylation is 1. The van der Waals surface area contributed by atoms with Crippen molar-refractivity contribution < 1.29 is 13.9 Å². The second-order valence-electron chi connectivity index (χ2n) is 7.34. The third kappa shape index (κ3) is 5.41. The highest BCUT2D eigenvalue weighted by Crippen LogP contribution is 2.20. The van der Waals surface area contributed by atoms with Gasteiger partial charge in [0.1, 0.15) is 5.82 Å². The SMILES string of the molecule is Cc1nn(-c2ccc(F)cc2)c(C)c1/C=C/C(=O)OCc1nc(N)nc(Nc2ccccc2)n1. The molecule has 0 fully saturated rings. The summed E-state index contributed by atoms with van der Waals surface area (Å²) >= 11 is 0. The molecule has 0 saturated carbocycles. The molecule has 2 aromatic carbocycles. The molecule has 0 spiro atoms. The molecular weight excluding hydrogens is 437 g/mol. The van der Waals surface area contributed by atoms with Crippen LogP contribution in [-0.4, -0.2) is 30.7 Å². The number of esters is 1. The van der Waals surface area contributed by atoms with Crippen LogP contribution in [0, 0.1) is 19.7 Å². The number of aromatic nitrogens is 5. The second kappa shape index (κ2) is 9.90. The number of hydrogen-bond acceptors (Lipinski definition) is 8. The molecule has 3 N–H and O–H groups in total. The second-order valence-corrected chi connectivity index (χ2v) is 7.34. The minimum Gasteiger partial charge on any atom is -0.454 e. The van der Waals surface area contributed by atoms with Gasteiger partial charge in [-0.3, -0.25) is 0 Å². The summed E-state index contributed by atoms with van der Waals surface area (Å²) in [6, 6.07) is 15.3. The number of nitrogens with one attached hydrogen (secondary N) is 1. The molecule has 9 nitrogen and oxygen atoms in total. The quantitative estimate of drug-likeness (QED) is 0.315. The van der Waals surface area contributed by atoms with E-state index in [4.69, 9.17) is 10.5 Å². The summed E-state index contributed by atoms with van der Waals surface area (Å²) in [5, 5.41) is 7.50. The van der Waals surface area contributed by atoms with E-state index in [9.17, 15) is 9.18 Å². The molecule has 4 rings (SSSR count). The molecule has 0 bridgehead atoms. The fourth-order valence-corrected chi connectivity index (χ4v) is 3.27. The van der Waals surface area contributed by atoms with Crippen LogP contribution in [0.5, 0.6) is 0 Å². The molecular formula is C24H22FN7O2. The molecule has 0 unspecified atom stereocenters. The number of rotatable bonds is 7. The molecule has 0 radical (unpaired) electrons. The van der Waals surface area contributed by atoms with Gasteiger partial charge >= 0.3 is 5.97 Å². The van der Waals surface area contributed by atoms with Gasteiger partial charge < -0.3 is 15.8 Å². The molecule has 10 heteroatoms. The van der Waals surface area contributed by atoms with E-state index in [1.54, 1.807) is 22.9 Å². The van der Waals surface area contributed by atoms with Gasteiger partial charge in [-0.2, -0.15) is 20.1 Å². The summed E-state index contributed by atoms with van der Waals surface area (Å²) < 4.78 is 20.2. The van der Waals surface area contributed by atoms with Gasteiger partial charge in [0, 0.05) is 23.0 Å². The molecule has 4 aromatic rings. The first-order chi connectivity index (χ1) is 16.4. The van der Waals surface area contributed by atoms with E-state index < -0.39 is 5.97 Å². The Labute approximate surface area is 195 Å². The van der Waals surface area contributed by atoms with Crippen molar-refractivity contribution in [3.8, 4) is 5.69 Å². The maximum atomic E-state index is 13.2. The Morgan fingerprint density at radius 1 is 1.09 bits per heavy atom. The number of nitrogens with zero attached hydrogens (tertiary/aromatic N) is 5. The van der Waals surface area contributed by atoms with E-state index in [1.807, 2.05) is 44.2 Å². The topological polar surface area (TPSA) is 121 Å². The monoisotopic (exact) mass is 459 g/mol. The Kier molecular flexibility index (Phi) is 6.58. The number of nitrogens with two attached hydrogens (primary N) is 1. The zero-order valence-electron chi connectivity index (χ0n) is 18.6. The molecule has 0 amide bonds. The van der Waals surface area contributed by atoms with E-state index in [2.05, 4.69) is 25.4 Å². The number of halogens is 1. The molecule has 2 heterocycles. The van der Waals surface area contributed by atoms with Crippen molar-refractivity contribution in [3.05, 3.63) is 89.3 Å². The number of carbonyl (C=O) groups excluding carboxylic acids is 1. The molecule has 0 aliphatic carbocycles. The van der Waals surface area contributed by atoms with Crippen LogP contribution in [0.3, 0.4) is 0 Å². The fraction of sp³-hybridized carbons (Fsp3) is 0.125. The van der Waals surface area contributed by atoms with Crippen LogP contribution in [-0.2, 0) is 16.1 Å². The van der Waals surface area contributed by atoms with Crippen LogP contribution < -0.4 is 11.1 Å². The number of nitrogen functional groups attached to an aromatic ring is 1. The lowest BCUT2D eigenvalue weighted by Crippen LogP contribution is -2.10. The zero-order valence-corrected chi connectivity index (χ0v) is 18.6. The molecule has 34 heavy (non-hydrogen) atoms. The number of para-hydroxylation sites is 1. The minimum atomic E-state index is -0.579. The van der Waals surface area contributed by atoms with E-state index in [0.717, 1.165) is 22.6 Å². The van der Waals surface area contributed by atoms with Gasteiger partial charge in [-0.15, -0.1) is 0 Å². The zero-order chi connectivity index (χ0) is 24.1. The highest BCUT2D eigenvalue weighted by Gasteiger charge is 2.12. The third-order valence-corrected chi connectivity index (χ3v) is 4.88. The van der Waals surface area contributed by atoms with Crippen molar-refractivity contribution in [2.24, 2.45) is 0 Å². The Balaban J connectivity index is 1.42. The first kappa shape index (κ1) is 22.6. The van der Waals surface area contributed by atoms with Crippen molar-refractivity contribution >= 4 is 29.6 Å². The van der Waals surface area contributed by atoms with Crippen LogP contribution in [0.2, 0.25) is 0 Å². The number of hydrogen-bond donors (Lipinski definition) is 2. The lowest BCUT2D eigenvalue weighted by Gasteiger charge is -2.07. The molecule has 172 valence electrons. The first-order valence-electron chi connectivity index (χ1n) is 10.4. The van der Waals surface area contributed by atoms with Crippen molar-refractivity contribution in [2.75, 3.05) is 11.1 Å².